The van der Waals surface area contributed by atoms with Gasteiger partial charge in [-0.25, -0.2) is 4.98 Å². The van der Waals surface area contributed by atoms with Crippen LogP contribution in [0, 0.1) is 5.92 Å². The second-order valence-corrected chi connectivity index (χ2v) is 9.72. The average Bonchev–Trinajstić information content (AvgIpc) is 3.29. The largest absolute Gasteiger partial charge is 0.494 e. The van der Waals surface area contributed by atoms with Gasteiger partial charge in [0, 0.05) is 24.7 Å². The number of methoxy groups -OCH3 is 1. The van der Waals surface area contributed by atoms with Crippen molar-refractivity contribution in [1.29, 1.82) is 0 Å². The van der Waals surface area contributed by atoms with E-state index in [1.165, 1.54) is 31.2 Å². The lowest BCUT2D eigenvalue weighted by molar-refractivity contribution is 0.340. The van der Waals surface area contributed by atoms with Crippen molar-refractivity contribution in [1.82, 2.24) is 34.9 Å². The predicted octanol–water partition coefficient (Wildman–Crippen LogP) is 2.69. The molecular formula is C24H29N9O. The predicted molar refractivity (Wildman–Crippen MR) is 129 cm³/mol. The van der Waals surface area contributed by atoms with Gasteiger partial charge in [0.1, 0.15) is 17.1 Å². The summed E-state index contributed by atoms with van der Waals surface area (Å²) in [6.07, 6.45) is 6.91. The lowest BCUT2D eigenvalue weighted by atomic mass is 9.94. The summed E-state index contributed by atoms with van der Waals surface area (Å²) < 4.78 is 7.31. The van der Waals surface area contributed by atoms with Crippen molar-refractivity contribution in [3.8, 4) is 5.75 Å². The van der Waals surface area contributed by atoms with Gasteiger partial charge in [-0.2, -0.15) is 19.6 Å². The molecule has 2 atom stereocenters. The molecular weight excluding hydrogens is 430 g/mol. The van der Waals surface area contributed by atoms with Gasteiger partial charge in [-0.1, -0.05) is 6.07 Å². The maximum Gasteiger partial charge on any atom is 0.230 e. The minimum atomic E-state index is 0.495. The Morgan fingerprint density at radius 1 is 1.15 bits per heavy atom. The number of H-pyrrole nitrogens is 1. The van der Waals surface area contributed by atoms with E-state index in [-0.39, 0.29) is 0 Å². The number of nitrogens with zero attached hydrogens (tertiary/aromatic N) is 6. The number of benzene rings is 1. The molecule has 0 unspecified atom stereocenters. The Morgan fingerprint density at radius 3 is 2.94 bits per heavy atom. The number of nitrogens with one attached hydrogen (secondary N) is 3. The van der Waals surface area contributed by atoms with Crippen molar-refractivity contribution in [3.63, 3.8) is 0 Å². The molecule has 0 spiro atoms. The Morgan fingerprint density at radius 2 is 2.09 bits per heavy atom. The number of hydrogen-bond donors (Lipinski definition) is 3. The first-order valence-corrected chi connectivity index (χ1v) is 12.3. The molecule has 1 aromatic carbocycles. The molecule has 3 fully saturated rings. The highest BCUT2D eigenvalue weighted by Crippen LogP contribution is 2.42. The van der Waals surface area contributed by atoms with Gasteiger partial charge in [0.05, 0.1) is 25.4 Å². The molecule has 10 heteroatoms. The van der Waals surface area contributed by atoms with E-state index in [9.17, 15) is 0 Å². The quantitative estimate of drug-likeness (QED) is 0.404. The van der Waals surface area contributed by atoms with Crippen LogP contribution in [0.25, 0.3) is 16.7 Å². The average molecular weight is 460 g/mol. The van der Waals surface area contributed by atoms with Crippen molar-refractivity contribution in [2.75, 3.05) is 37.0 Å². The van der Waals surface area contributed by atoms with Crippen LogP contribution in [0.4, 0.5) is 11.9 Å². The minimum Gasteiger partial charge on any atom is -0.494 e. The Hall–Kier alpha value is -3.40. The van der Waals surface area contributed by atoms with Crippen molar-refractivity contribution >= 4 is 28.6 Å². The summed E-state index contributed by atoms with van der Waals surface area (Å²) in [6, 6.07) is 6.42. The zero-order chi connectivity index (χ0) is 22.6. The third-order valence-corrected chi connectivity index (χ3v) is 7.44. The van der Waals surface area contributed by atoms with E-state index < -0.39 is 0 Å². The molecule has 0 amide bonds. The Kier molecular flexibility index (Phi) is 4.61. The van der Waals surface area contributed by atoms with E-state index in [1.807, 2.05) is 28.9 Å². The number of piperidine rings is 1. The van der Waals surface area contributed by atoms with Crippen molar-refractivity contribution < 1.29 is 4.74 Å². The second kappa shape index (κ2) is 7.83. The van der Waals surface area contributed by atoms with E-state index in [2.05, 4.69) is 25.6 Å². The highest BCUT2D eigenvalue weighted by molar-refractivity contribution is 5.81. The smallest absolute Gasteiger partial charge is 0.230 e. The normalized spacial score (nSPS) is 22.4. The summed E-state index contributed by atoms with van der Waals surface area (Å²) in [5.74, 6) is 4.31. The Bertz CT molecular complexity index is 1340. The highest BCUT2D eigenvalue weighted by Gasteiger charge is 2.36. The summed E-state index contributed by atoms with van der Waals surface area (Å²) in [5, 5.41) is 11.8. The number of fused-ring (bicyclic) bond motifs is 3. The van der Waals surface area contributed by atoms with E-state index in [1.54, 1.807) is 7.11 Å². The summed E-state index contributed by atoms with van der Waals surface area (Å²) >= 11 is 0. The molecule has 1 aliphatic carbocycles. The first-order valence-electron chi connectivity index (χ1n) is 12.3. The van der Waals surface area contributed by atoms with Crippen LogP contribution in [0.3, 0.4) is 0 Å². The third-order valence-electron chi connectivity index (χ3n) is 7.44. The maximum atomic E-state index is 5.46. The van der Waals surface area contributed by atoms with Gasteiger partial charge < -0.3 is 25.3 Å². The zero-order valence-electron chi connectivity index (χ0n) is 19.3. The molecule has 34 heavy (non-hydrogen) atoms. The lowest BCUT2D eigenvalue weighted by Gasteiger charge is -2.24. The zero-order valence-corrected chi connectivity index (χ0v) is 19.3. The fourth-order valence-corrected chi connectivity index (χ4v) is 5.50. The van der Waals surface area contributed by atoms with Crippen LogP contribution in [-0.2, 0) is 6.54 Å². The summed E-state index contributed by atoms with van der Waals surface area (Å²) in [6.45, 7) is 3.56. The Labute approximate surface area is 197 Å². The highest BCUT2D eigenvalue weighted by atomic mass is 16.5. The van der Waals surface area contributed by atoms with Crippen LogP contribution in [-0.4, -0.2) is 62.3 Å². The molecule has 1 saturated carbocycles. The molecule has 0 bridgehead atoms. The SMILES string of the molecule is COc1cccc2[nH]c(CNc3nc(N4C[C@@H]5CCCN[C@@H]5C4)nc4c(C5CC5)cnn34)nc12. The van der Waals surface area contributed by atoms with E-state index in [0.29, 0.717) is 30.4 Å². The molecule has 3 N–H and O–H groups in total. The summed E-state index contributed by atoms with van der Waals surface area (Å²) in [4.78, 5) is 20.4. The van der Waals surface area contributed by atoms with Gasteiger partial charge in [-0.3, -0.25) is 0 Å². The van der Waals surface area contributed by atoms with Gasteiger partial charge in [0.25, 0.3) is 0 Å². The molecule has 3 aromatic heterocycles. The number of anilines is 2. The molecule has 2 aliphatic heterocycles. The topological polar surface area (TPSA) is 108 Å². The van der Waals surface area contributed by atoms with Crippen molar-refractivity contribution in [2.45, 2.75) is 44.2 Å². The fourth-order valence-electron chi connectivity index (χ4n) is 5.50. The van der Waals surface area contributed by atoms with E-state index in [4.69, 9.17) is 19.7 Å². The second-order valence-electron chi connectivity index (χ2n) is 9.72. The number of para-hydroxylation sites is 1. The van der Waals surface area contributed by atoms with Crippen molar-refractivity contribution in [3.05, 3.63) is 35.8 Å². The molecule has 7 rings (SSSR count). The Balaban J connectivity index is 1.22. The molecule has 3 aliphatic rings. The van der Waals surface area contributed by atoms with Crippen LogP contribution in [0.5, 0.6) is 5.75 Å². The van der Waals surface area contributed by atoms with Crippen LogP contribution < -0.4 is 20.3 Å². The molecule has 0 radical (unpaired) electrons. The molecule has 2 saturated heterocycles. The number of rotatable bonds is 6. The number of hydrogen-bond acceptors (Lipinski definition) is 8. The molecule has 10 nitrogen and oxygen atoms in total. The number of aromatic nitrogens is 6. The minimum absolute atomic E-state index is 0.495. The summed E-state index contributed by atoms with van der Waals surface area (Å²) in [7, 11) is 1.67. The van der Waals surface area contributed by atoms with Gasteiger partial charge in [-0.15, -0.1) is 0 Å². The number of imidazole rings is 1. The van der Waals surface area contributed by atoms with E-state index >= 15 is 0 Å². The molecule has 5 heterocycles. The van der Waals surface area contributed by atoms with Gasteiger partial charge in [0.15, 0.2) is 5.65 Å². The first kappa shape index (κ1) is 20.0. The number of ether oxygens (including phenoxy) is 1. The first-order chi connectivity index (χ1) is 16.8. The summed E-state index contributed by atoms with van der Waals surface area (Å²) in [5.41, 5.74) is 3.93. The van der Waals surface area contributed by atoms with Gasteiger partial charge in [-0.05, 0) is 56.2 Å². The molecule has 4 aromatic rings. The van der Waals surface area contributed by atoms with Gasteiger partial charge >= 0.3 is 0 Å². The maximum absolute atomic E-state index is 5.46. The van der Waals surface area contributed by atoms with E-state index in [0.717, 1.165) is 53.8 Å². The standard InChI is InChI=1S/C24H29N9O/c1-34-19-6-2-5-17-21(19)29-20(28-17)11-26-23-31-24(32-12-15-4-3-9-25-18(15)13-32)30-22-16(14-7-8-14)10-27-33(22)23/h2,5-6,10,14-15,18,25H,3-4,7-9,11-13H2,1H3,(H,28,29)(H,26,30,31)/t15-,18+/m0/s1. The van der Waals surface area contributed by atoms with Crippen LogP contribution >= 0.6 is 0 Å². The van der Waals surface area contributed by atoms with Crippen LogP contribution in [0.1, 0.15) is 43.0 Å². The number of aromatic amines is 1. The third kappa shape index (κ3) is 3.35. The molecule has 176 valence electrons. The monoisotopic (exact) mass is 459 g/mol. The van der Waals surface area contributed by atoms with Crippen LogP contribution in [0.15, 0.2) is 24.4 Å². The van der Waals surface area contributed by atoms with Gasteiger partial charge in [0.2, 0.25) is 11.9 Å². The lowest BCUT2D eigenvalue weighted by Crippen LogP contribution is -2.40. The fraction of sp³-hybridized carbons (Fsp3) is 0.500. The van der Waals surface area contributed by atoms with Crippen LogP contribution in [0.2, 0.25) is 0 Å². The van der Waals surface area contributed by atoms with Crippen molar-refractivity contribution in [2.24, 2.45) is 5.92 Å².